The van der Waals surface area contributed by atoms with Gasteiger partial charge in [0, 0.05) is 39.3 Å². The second-order valence-corrected chi connectivity index (χ2v) is 9.70. The molecule has 0 saturated carbocycles. The number of methoxy groups -OCH3 is 1. The van der Waals surface area contributed by atoms with Crippen molar-refractivity contribution in [2.24, 2.45) is 10.8 Å². The summed E-state index contributed by atoms with van der Waals surface area (Å²) in [6, 6.07) is 5.19. The highest BCUT2D eigenvalue weighted by Gasteiger charge is 2.48. The Morgan fingerprint density at radius 2 is 1.48 bits per heavy atom. The van der Waals surface area contributed by atoms with Gasteiger partial charge in [-0.15, -0.1) is 0 Å². The SMILES string of the molecule is COc1ccc(C2C3=C(CCC(C)(C)C3=O)NC3=C2C(=O)C(C)(C)CC3)cc1O. The molecule has 3 aliphatic rings. The van der Waals surface area contributed by atoms with E-state index < -0.39 is 16.7 Å². The number of aromatic hydroxyl groups is 1. The highest BCUT2D eigenvalue weighted by molar-refractivity contribution is 6.09. The zero-order chi connectivity index (χ0) is 21.1. The van der Waals surface area contributed by atoms with Crippen molar-refractivity contribution in [3.05, 3.63) is 46.3 Å². The molecule has 0 amide bonds. The Hall–Kier alpha value is -2.56. The van der Waals surface area contributed by atoms with Crippen molar-refractivity contribution in [3.63, 3.8) is 0 Å². The highest BCUT2D eigenvalue weighted by Crippen LogP contribution is 2.51. The van der Waals surface area contributed by atoms with Gasteiger partial charge >= 0.3 is 0 Å². The summed E-state index contributed by atoms with van der Waals surface area (Å²) in [6.07, 6.45) is 3.11. The minimum absolute atomic E-state index is 0.0119. The predicted octanol–water partition coefficient (Wildman–Crippen LogP) is 4.37. The van der Waals surface area contributed by atoms with Crippen LogP contribution < -0.4 is 10.1 Å². The molecular formula is C24H29NO4. The van der Waals surface area contributed by atoms with Gasteiger partial charge in [0.1, 0.15) is 0 Å². The van der Waals surface area contributed by atoms with Gasteiger partial charge in [-0.2, -0.15) is 0 Å². The number of hydrogen-bond acceptors (Lipinski definition) is 5. The first kappa shape index (κ1) is 19.7. The van der Waals surface area contributed by atoms with Crippen LogP contribution in [-0.2, 0) is 9.59 Å². The summed E-state index contributed by atoms with van der Waals surface area (Å²) in [6.45, 7) is 7.88. The fourth-order valence-electron chi connectivity index (χ4n) is 4.79. The number of carbonyl (C=O) groups excluding carboxylic acids is 2. The number of hydrogen-bond donors (Lipinski definition) is 2. The Morgan fingerprint density at radius 1 is 0.966 bits per heavy atom. The molecule has 29 heavy (non-hydrogen) atoms. The normalized spacial score (nSPS) is 23.5. The number of rotatable bonds is 2. The quantitative estimate of drug-likeness (QED) is 0.777. The summed E-state index contributed by atoms with van der Waals surface area (Å²) in [4.78, 5) is 27.0. The van der Waals surface area contributed by atoms with E-state index >= 15 is 0 Å². The van der Waals surface area contributed by atoms with E-state index in [9.17, 15) is 14.7 Å². The van der Waals surface area contributed by atoms with E-state index in [4.69, 9.17) is 4.74 Å². The maximum absolute atomic E-state index is 13.5. The Kier molecular flexibility index (Phi) is 4.41. The molecule has 154 valence electrons. The molecule has 0 radical (unpaired) electrons. The van der Waals surface area contributed by atoms with Crippen LogP contribution in [0, 0.1) is 10.8 Å². The lowest BCUT2D eigenvalue weighted by atomic mass is 9.62. The third kappa shape index (κ3) is 2.98. The van der Waals surface area contributed by atoms with Crippen LogP contribution in [0.2, 0.25) is 0 Å². The number of benzene rings is 1. The zero-order valence-corrected chi connectivity index (χ0v) is 17.8. The third-order valence-corrected chi connectivity index (χ3v) is 6.78. The maximum atomic E-state index is 13.5. The third-order valence-electron chi connectivity index (χ3n) is 6.78. The number of allylic oxidation sites excluding steroid dienone is 4. The van der Waals surface area contributed by atoms with E-state index in [1.54, 1.807) is 12.1 Å². The minimum atomic E-state index is -0.474. The largest absolute Gasteiger partial charge is 0.504 e. The summed E-state index contributed by atoms with van der Waals surface area (Å²) in [5.41, 5.74) is 3.02. The van der Waals surface area contributed by atoms with Crippen LogP contribution in [0.4, 0.5) is 0 Å². The van der Waals surface area contributed by atoms with Crippen molar-refractivity contribution in [2.45, 2.75) is 59.3 Å². The van der Waals surface area contributed by atoms with Crippen LogP contribution in [0.1, 0.15) is 64.9 Å². The van der Waals surface area contributed by atoms with Gasteiger partial charge in [-0.3, -0.25) is 9.59 Å². The van der Waals surface area contributed by atoms with Crippen molar-refractivity contribution >= 4 is 11.6 Å². The summed E-state index contributed by atoms with van der Waals surface area (Å²) < 4.78 is 5.19. The Bertz CT molecular complexity index is 929. The molecular weight excluding hydrogens is 366 g/mol. The number of phenolic OH excluding ortho intramolecular Hbond substituents is 1. The minimum Gasteiger partial charge on any atom is -0.504 e. The van der Waals surface area contributed by atoms with Crippen LogP contribution in [0.15, 0.2) is 40.7 Å². The van der Waals surface area contributed by atoms with Crippen LogP contribution in [-0.4, -0.2) is 23.8 Å². The van der Waals surface area contributed by atoms with Crippen LogP contribution in [0.25, 0.3) is 0 Å². The molecule has 2 aliphatic carbocycles. The number of dihydropyridines is 1. The van der Waals surface area contributed by atoms with E-state index in [1.807, 2.05) is 33.8 Å². The fraction of sp³-hybridized carbons (Fsp3) is 0.500. The first-order valence-electron chi connectivity index (χ1n) is 10.3. The molecule has 0 fully saturated rings. The molecule has 1 aromatic carbocycles. The predicted molar refractivity (Wildman–Crippen MR) is 111 cm³/mol. The first-order chi connectivity index (χ1) is 13.6. The molecule has 2 N–H and O–H groups in total. The second-order valence-electron chi connectivity index (χ2n) is 9.70. The molecule has 5 nitrogen and oxygen atoms in total. The average molecular weight is 395 g/mol. The van der Waals surface area contributed by atoms with Crippen molar-refractivity contribution in [1.82, 2.24) is 5.32 Å². The van der Waals surface area contributed by atoms with E-state index in [-0.39, 0.29) is 17.3 Å². The zero-order valence-electron chi connectivity index (χ0n) is 17.8. The van der Waals surface area contributed by atoms with Crippen molar-refractivity contribution in [3.8, 4) is 11.5 Å². The molecule has 4 rings (SSSR count). The first-order valence-corrected chi connectivity index (χ1v) is 10.3. The number of nitrogens with one attached hydrogen (secondary N) is 1. The summed E-state index contributed by atoms with van der Waals surface area (Å²) >= 11 is 0. The van der Waals surface area contributed by atoms with Crippen molar-refractivity contribution < 1.29 is 19.4 Å². The number of ether oxygens (including phenoxy) is 1. The Morgan fingerprint density at radius 3 is 1.93 bits per heavy atom. The van der Waals surface area contributed by atoms with Crippen LogP contribution in [0.5, 0.6) is 11.5 Å². The summed E-state index contributed by atoms with van der Waals surface area (Å²) in [7, 11) is 1.50. The van der Waals surface area contributed by atoms with Gasteiger partial charge in [0.2, 0.25) is 0 Å². The molecule has 0 bridgehead atoms. The van der Waals surface area contributed by atoms with E-state index in [0.717, 1.165) is 42.6 Å². The number of carbonyl (C=O) groups is 2. The van der Waals surface area contributed by atoms with E-state index in [2.05, 4.69) is 5.32 Å². The standard InChI is InChI=1S/C24H29NO4/c1-23(2)10-8-14-19(21(23)27)18(13-6-7-17(29-5)16(26)12-13)20-15(25-14)9-11-24(3,4)22(20)28/h6-7,12,18,25-26H,8-11H2,1-5H3. The number of phenols is 1. The van der Waals surface area contributed by atoms with Gasteiger partial charge in [0.25, 0.3) is 0 Å². The molecule has 0 saturated heterocycles. The maximum Gasteiger partial charge on any atom is 0.167 e. The number of Topliss-reactive ketones (excluding diaryl/α,β-unsaturated/α-hetero) is 2. The van der Waals surface area contributed by atoms with Gasteiger partial charge in [-0.1, -0.05) is 33.8 Å². The fourth-order valence-corrected chi connectivity index (χ4v) is 4.79. The van der Waals surface area contributed by atoms with E-state index in [0.29, 0.717) is 16.9 Å². The van der Waals surface area contributed by atoms with Crippen LogP contribution in [0.3, 0.4) is 0 Å². The Balaban J connectivity index is 1.94. The number of ketones is 2. The van der Waals surface area contributed by atoms with Crippen LogP contribution >= 0.6 is 0 Å². The van der Waals surface area contributed by atoms with E-state index in [1.165, 1.54) is 7.11 Å². The molecule has 5 heteroatoms. The highest BCUT2D eigenvalue weighted by atomic mass is 16.5. The summed E-state index contributed by atoms with van der Waals surface area (Å²) in [5.74, 6) is 0.0790. The van der Waals surface area contributed by atoms with Gasteiger partial charge in [-0.05, 0) is 43.4 Å². The molecule has 0 aromatic heterocycles. The lowest BCUT2D eigenvalue weighted by Gasteiger charge is -2.44. The van der Waals surface area contributed by atoms with Crippen molar-refractivity contribution in [2.75, 3.05) is 7.11 Å². The van der Waals surface area contributed by atoms with Gasteiger partial charge in [-0.25, -0.2) is 0 Å². The van der Waals surface area contributed by atoms with Gasteiger partial charge < -0.3 is 15.2 Å². The summed E-state index contributed by atoms with van der Waals surface area (Å²) in [5, 5.41) is 13.9. The monoisotopic (exact) mass is 395 g/mol. The molecule has 1 heterocycles. The molecule has 1 aromatic rings. The lowest BCUT2D eigenvalue weighted by Crippen LogP contribution is -2.44. The smallest absolute Gasteiger partial charge is 0.167 e. The Labute approximate surface area is 171 Å². The topological polar surface area (TPSA) is 75.6 Å². The lowest BCUT2D eigenvalue weighted by molar-refractivity contribution is -0.125. The second kappa shape index (κ2) is 6.48. The van der Waals surface area contributed by atoms with Gasteiger partial charge in [0.05, 0.1) is 7.11 Å². The molecule has 0 spiro atoms. The average Bonchev–Trinajstić information content (AvgIpc) is 2.67. The molecule has 0 atom stereocenters. The molecule has 0 unspecified atom stereocenters. The molecule has 1 aliphatic heterocycles. The van der Waals surface area contributed by atoms with Gasteiger partial charge in [0.15, 0.2) is 23.1 Å². The van der Waals surface area contributed by atoms with Crippen molar-refractivity contribution in [1.29, 1.82) is 0 Å².